The summed E-state index contributed by atoms with van der Waals surface area (Å²) in [7, 11) is 0. The molecule has 1 aromatic carbocycles. The van der Waals surface area contributed by atoms with Crippen LogP contribution in [0.5, 0.6) is 5.75 Å². The fourth-order valence-corrected chi connectivity index (χ4v) is 1.64. The van der Waals surface area contributed by atoms with Gasteiger partial charge >= 0.3 is 11.9 Å². The van der Waals surface area contributed by atoms with Crippen LogP contribution in [0.1, 0.15) is 12.0 Å². The highest BCUT2D eigenvalue weighted by Gasteiger charge is 2.11. The fourth-order valence-electron chi connectivity index (χ4n) is 1.64. The van der Waals surface area contributed by atoms with Crippen LogP contribution in [0.4, 0.5) is 0 Å². The quantitative estimate of drug-likeness (QED) is 0.469. The molecule has 0 saturated heterocycles. The monoisotopic (exact) mass is 270 g/mol. The van der Waals surface area contributed by atoms with Crippen molar-refractivity contribution in [1.29, 1.82) is 0 Å². The molecule has 0 bridgehead atoms. The minimum Gasteiger partial charge on any atom is -0.458 e. The number of benzene rings is 1. The standard InChI is InChI=1S/C16H14O4/c1-2-15(17)19-11-12-7-9-14(10-8-12)20-16(18)13-5-3-4-6-13/h2-3,5-10H,1,4,11H2. The minimum absolute atomic E-state index is 0.160. The first-order valence-corrected chi connectivity index (χ1v) is 6.16. The molecule has 102 valence electrons. The van der Waals surface area contributed by atoms with Gasteiger partial charge in [0.15, 0.2) is 0 Å². The molecule has 1 aromatic rings. The second-order valence-corrected chi connectivity index (χ2v) is 4.14. The van der Waals surface area contributed by atoms with Gasteiger partial charge in [0.2, 0.25) is 0 Å². The van der Waals surface area contributed by atoms with Crippen LogP contribution < -0.4 is 4.74 Å². The highest BCUT2D eigenvalue weighted by Crippen LogP contribution is 2.17. The van der Waals surface area contributed by atoms with Gasteiger partial charge in [-0.2, -0.15) is 0 Å². The second-order valence-electron chi connectivity index (χ2n) is 4.14. The third-order valence-corrected chi connectivity index (χ3v) is 2.69. The van der Waals surface area contributed by atoms with Crippen LogP contribution in [0.25, 0.3) is 0 Å². The second kappa shape index (κ2) is 6.52. The first-order chi connectivity index (χ1) is 9.69. The molecule has 1 aliphatic carbocycles. The van der Waals surface area contributed by atoms with E-state index >= 15 is 0 Å². The molecular weight excluding hydrogens is 256 g/mol. The number of allylic oxidation sites excluding steroid dienone is 2. The van der Waals surface area contributed by atoms with Crippen LogP contribution in [0, 0.1) is 0 Å². The van der Waals surface area contributed by atoms with Crippen LogP contribution in [-0.4, -0.2) is 11.9 Å². The van der Waals surface area contributed by atoms with Crippen molar-refractivity contribution in [2.45, 2.75) is 13.0 Å². The molecule has 0 atom stereocenters. The zero-order valence-corrected chi connectivity index (χ0v) is 10.9. The van der Waals surface area contributed by atoms with E-state index in [-0.39, 0.29) is 12.6 Å². The maximum Gasteiger partial charge on any atom is 0.343 e. The summed E-state index contributed by atoms with van der Waals surface area (Å²) >= 11 is 0. The van der Waals surface area contributed by atoms with Gasteiger partial charge in [-0.15, -0.1) is 0 Å². The minimum atomic E-state index is -0.472. The summed E-state index contributed by atoms with van der Waals surface area (Å²) in [5, 5.41) is 0. The first kappa shape index (κ1) is 13.8. The Kier molecular flexibility index (Phi) is 4.50. The number of ether oxygens (including phenoxy) is 2. The van der Waals surface area contributed by atoms with Crippen molar-refractivity contribution in [3.05, 3.63) is 66.3 Å². The molecule has 4 nitrogen and oxygen atoms in total. The van der Waals surface area contributed by atoms with Crippen molar-refractivity contribution < 1.29 is 19.1 Å². The maximum absolute atomic E-state index is 11.7. The third-order valence-electron chi connectivity index (χ3n) is 2.69. The number of rotatable bonds is 5. The summed E-state index contributed by atoms with van der Waals surface area (Å²) in [6.45, 7) is 3.47. The van der Waals surface area contributed by atoms with Crippen LogP contribution in [-0.2, 0) is 20.9 Å². The van der Waals surface area contributed by atoms with Crippen LogP contribution in [0.3, 0.4) is 0 Å². The van der Waals surface area contributed by atoms with Crippen LogP contribution in [0.15, 0.2) is 60.7 Å². The summed E-state index contributed by atoms with van der Waals surface area (Å²) < 4.78 is 10.1. The van der Waals surface area contributed by atoms with E-state index < -0.39 is 5.97 Å². The van der Waals surface area contributed by atoms with Gasteiger partial charge < -0.3 is 9.47 Å². The van der Waals surface area contributed by atoms with E-state index in [0.29, 0.717) is 11.3 Å². The number of hydrogen-bond acceptors (Lipinski definition) is 4. The average Bonchev–Trinajstić information content (AvgIpc) is 3.00. The molecule has 0 radical (unpaired) electrons. The van der Waals surface area contributed by atoms with Crippen molar-refractivity contribution in [3.63, 3.8) is 0 Å². The lowest BCUT2D eigenvalue weighted by Crippen LogP contribution is -2.09. The zero-order chi connectivity index (χ0) is 14.4. The molecule has 0 fully saturated rings. The van der Waals surface area contributed by atoms with Gasteiger partial charge in [0, 0.05) is 6.08 Å². The van der Waals surface area contributed by atoms with Gasteiger partial charge in [0.05, 0.1) is 5.57 Å². The molecule has 0 unspecified atom stereocenters. The van der Waals surface area contributed by atoms with Crippen molar-refractivity contribution in [2.24, 2.45) is 0 Å². The molecule has 0 heterocycles. The third kappa shape index (κ3) is 3.68. The van der Waals surface area contributed by atoms with Crippen molar-refractivity contribution in [3.8, 4) is 5.75 Å². The predicted molar refractivity (Wildman–Crippen MR) is 73.9 cm³/mol. The molecule has 0 spiro atoms. The van der Waals surface area contributed by atoms with E-state index in [4.69, 9.17) is 9.47 Å². The number of carbonyl (C=O) groups excluding carboxylic acids is 2. The zero-order valence-electron chi connectivity index (χ0n) is 10.9. The van der Waals surface area contributed by atoms with Gasteiger partial charge in [0.1, 0.15) is 12.4 Å². The molecule has 0 aliphatic heterocycles. The topological polar surface area (TPSA) is 52.6 Å². The van der Waals surface area contributed by atoms with Crippen LogP contribution >= 0.6 is 0 Å². The molecule has 0 aromatic heterocycles. The number of carbonyl (C=O) groups is 2. The molecule has 1 aliphatic rings. The molecule has 20 heavy (non-hydrogen) atoms. The summed E-state index contributed by atoms with van der Waals surface area (Å²) in [4.78, 5) is 22.7. The van der Waals surface area contributed by atoms with Crippen molar-refractivity contribution in [2.75, 3.05) is 0 Å². The van der Waals surface area contributed by atoms with E-state index in [0.717, 1.165) is 18.1 Å². The normalized spacial score (nSPS) is 12.7. The Bertz CT molecular complexity index is 579. The summed E-state index contributed by atoms with van der Waals surface area (Å²) in [5.41, 5.74) is 1.37. The lowest BCUT2D eigenvalue weighted by atomic mass is 10.2. The van der Waals surface area contributed by atoms with E-state index in [2.05, 4.69) is 6.58 Å². The largest absolute Gasteiger partial charge is 0.458 e. The Morgan fingerprint density at radius 1 is 1.25 bits per heavy atom. The lowest BCUT2D eigenvalue weighted by Gasteiger charge is -2.06. The Labute approximate surface area is 117 Å². The van der Waals surface area contributed by atoms with E-state index in [1.807, 2.05) is 12.2 Å². The van der Waals surface area contributed by atoms with Gasteiger partial charge in [0.25, 0.3) is 0 Å². The van der Waals surface area contributed by atoms with Gasteiger partial charge in [-0.1, -0.05) is 36.9 Å². The average molecular weight is 270 g/mol. The van der Waals surface area contributed by atoms with Crippen molar-refractivity contribution in [1.82, 2.24) is 0 Å². The maximum atomic E-state index is 11.7. The SMILES string of the molecule is C=CC(=O)OCc1ccc(OC(=O)C2=CCC=C2)cc1. The van der Waals surface area contributed by atoms with Crippen molar-refractivity contribution >= 4 is 11.9 Å². The Balaban J connectivity index is 1.91. The fraction of sp³-hybridized carbons (Fsp3) is 0.125. The van der Waals surface area contributed by atoms with E-state index in [1.165, 1.54) is 0 Å². The summed E-state index contributed by atoms with van der Waals surface area (Å²) in [6.07, 6.45) is 7.32. The van der Waals surface area contributed by atoms with Gasteiger partial charge in [-0.05, 0) is 24.1 Å². The molecule has 0 amide bonds. The molecule has 2 rings (SSSR count). The highest BCUT2D eigenvalue weighted by atomic mass is 16.5. The number of hydrogen-bond donors (Lipinski definition) is 0. The summed E-state index contributed by atoms with van der Waals surface area (Å²) in [5.74, 6) is -0.389. The lowest BCUT2D eigenvalue weighted by molar-refractivity contribution is -0.139. The molecule has 0 N–H and O–H groups in total. The Morgan fingerprint density at radius 3 is 2.60 bits per heavy atom. The summed E-state index contributed by atoms with van der Waals surface area (Å²) in [6, 6.07) is 6.79. The molecule has 0 saturated carbocycles. The highest BCUT2D eigenvalue weighted by molar-refractivity contribution is 5.93. The Morgan fingerprint density at radius 2 is 2.00 bits per heavy atom. The Hall–Kier alpha value is -2.62. The van der Waals surface area contributed by atoms with E-state index in [9.17, 15) is 9.59 Å². The molecular formula is C16H14O4. The number of esters is 2. The smallest absolute Gasteiger partial charge is 0.343 e. The van der Waals surface area contributed by atoms with Crippen LogP contribution in [0.2, 0.25) is 0 Å². The van der Waals surface area contributed by atoms with E-state index in [1.54, 1.807) is 30.3 Å². The van der Waals surface area contributed by atoms with Gasteiger partial charge in [-0.3, -0.25) is 0 Å². The first-order valence-electron chi connectivity index (χ1n) is 6.16. The predicted octanol–water partition coefficient (Wildman–Crippen LogP) is 2.71. The van der Waals surface area contributed by atoms with Gasteiger partial charge in [-0.25, -0.2) is 9.59 Å². The molecule has 4 heteroatoms.